The summed E-state index contributed by atoms with van der Waals surface area (Å²) in [5.41, 5.74) is 3.68. The van der Waals surface area contributed by atoms with Crippen LogP contribution in [0.5, 0.6) is 0 Å². The van der Waals surface area contributed by atoms with Gasteiger partial charge in [0, 0.05) is 11.1 Å². The molecule has 4 nitrogen and oxygen atoms in total. The second kappa shape index (κ2) is 4.44. The van der Waals surface area contributed by atoms with E-state index in [4.69, 9.17) is 5.84 Å². The van der Waals surface area contributed by atoms with Crippen molar-refractivity contribution < 1.29 is 8.42 Å². The minimum atomic E-state index is -3.19. The van der Waals surface area contributed by atoms with Gasteiger partial charge in [-0.15, -0.1) is 11.3 Å². The fourth-order valence-electron chi connectivity index (χ4n) is 1.49. The number of rotatable bonds is 4. The maximum Gasteiger partial charge on any atom is 0.154 e. The molecule has 0 spiro atoms. The molecule has 1 aromatic rings. The second-order valence-corrected chi connectivity index (χ2v) is 7.99. The van der Waals surface area contributed by atoms with Gasteiger partial charge in [-0.05, 0) is 37.8 Å². The molecule has 0 aromatic carbocycles. The summed E-state index contributed by atoms with van der Waals surface area (Å²) in [6.45, 7) is 5.33. The Morgan fingerprint density at radius 3 is 2.38 bits per heavy atom. The molecule has 0 radical (unpaired) electrons. The van der Waals surface area contributed by atoms with Crippen LogP contribution in [0.2, 0.25) is 0 Å². The Labute approximate surface area is 101 Å². The van der Waals surface area contributed by atoms with E-state index < -0.39 is 14.6 Å². The van der Waals surface area contributed by atoms with Crippen LogP contribution >= 0.6 is 11.3 Å². The molecule has 3 N–H and O–H groups in total. The third kappa shape index (κ3) is 2.29. The van der Waals surface area contributed by atoms with Crippen molar-refractivity contribution in [1.29, 1.82) is 0 Å². The van der Waals surface area contributed by atoms with Gasteiger partial charge in [-0.2, -0.15) is 0 Å². The molecule has 0 aliphatic heterocycles. The van der Waals surface area contributed by atoms with Crippen molar-refractivity contribution in [3.63, 3.8) is 0 Å². The van der Waals surface area contributed by atoms with Gasteiger partial charge in [-0.1, -0.05) is 0 Å². The molecule has 1 heterocycles. The standard InChI is InChI=1S/C10H18N2O2S2/c1-7-5-6-15-8(7)9(12-11)10(2,3)16(4,13)14/h5-6,9,12H,11H2,1-4H3. The zero-order valence-electron chi connectivity index (χ0n) is 9.94. The Balaban J connectivity index is 3.24. The Morgan fingerprint density at radius 1 is 1.50 bits per heavy atom. The first kappa shape index (κ1) is 13.6. The van der Waals surface area contributed by atoms with Crippen molar-refractivity contribution in [2.45, 2.75) is 31.6 Å². The average molecular weight is 262 g/mol. The number of hydrogen-bond donors (Lipinski definition) is 2. The van der Waals surface area contributed by atoms with Crippen LogP contribution in [-0.2, 0) is 9.84 Å². The number of hydrazine groups is 1. The largest absolute Gasteiger partial charge is 0.271 e. The maximum absolute atomic E-state index is 11.8. The molecule has 1 unspecified atom stereocenters. The quantitative estimate of drug-likeness (QED) is 0.635. The van der Waals surface area contributed by atoms with Crippen LogP contribution in [-0.4, -0.2) is 19.4 Å². The monoisotopic (exact) mass is 262 g/mol. The van der Waals surface area contributed by atoms with Gasteiger partial charge in [-0.25, -0.2) is 8.42 Å². The van der Waals surface area contributed by atoms with Crippen molar-refractivity contribution in [3.8, 4) is 0 Å². The lowest BCUT2D eigenvalue weighted by Gasteiger charge is -2.31. The van der Waals surface area contributed by atoms with Crippen LogP contribution < -0.4 is 11.3 Å². The lowest BCUT2D eigenvalue weighted by molar-refractivity contribution is 0.432. The van der Waals surface area contributed by atoms with E-state index in [2.05, 4.69) is 5.43 Å². The van der Waals surface area contributed by atoms with Crippen LogP contribution in [0.4, 0.5) is 0 Å². The van der Waals surface area contributed by atoms with Crippen LogP contribution in [0.25, 0.3) is 0 Å². The molecule has 1 aromatic heterocycles. The molecule has 0 bridgehead atoms. The number of nitrogens with two attached hydrogens (primary N) is 1. The predicted octanol–water partition coefficient (Wildman–Crippen LogP) is 1.38. The third-order valence-corrected chi connectivity index (χ3v) is 6.21. The fourth-order valence-corrected chi connectivity index (χ4v) is 3.35. The summed E-state index contributed by atoms with van der Waals surface area (Å²) in [5, 5.41) is 1.94. The van der Waals surface area contributed by atoms with Crippen LogP contribution in [0.1, 0.15) is 30.3 Å². The van der Waals surface area contributed by atoms with E-state index in [0.29, 0.717) is 0 Å². The molecule has 92 valence electrons. The highest BCUT2D eigenvalue weighted by molar-refractivity contribution is 7.92. The zero-order valence-corrected chi connectivity index (χ0v) is 11.6. The van der Waals surface area contributed by atoms with Crippen molar-refractivity contribution in [2.75, 3.05) is 6.26 Å². The fraction of sp³-hybridized carbons (Fsp3) is 0.600. The van der Waals surface area contributed by atoms with Crippen molar-refractivity contribution in [2.24, 2.45) is 5.84 Å². The molecular weight excluding hydrogens is 244 g/mol. The van der Waals surface area contributed by atoms with E-state index in [1.54, 1.807) is 13.8 Å². The highest BCUT2D eigenvalue weighted by Crippen LogP contribution is 2.35. The molecular formula is C10H18N2O2S2. The van der Waals surface area contributed by atoms with E-state index >= 15 is 0 Å². The minimum absolute atomic E-state index is 0.387. The molecule has 0 amide bonds. The summed E-state index contributed by atoms with van der Waals surface area (Å²) in [6, 6.07) is 1.57. The third-order valence-electron chi connectivity index (χ3n) is 2.98. The van der Waals surface area contributed by atoms with Crippen molar-refractivity contribution in [3.05, 3.63) is 21.9 Å². The first-order chi connectivity index (χ1) is 7.21. The minimum Gasteiger partial charge on any atom is -0.271 e. The van der Waals surface area contributed by atoms with E-state index in [0.717, 1.165) is 10.4 Å². The maximum atomic E-state index is 11.8. The number of nitrogens with one attached hydrogen (secondary N) is 1. The van der Waals surface area contributed by atoms with Gasteiger partial charge < -0.3 is 0 Å². The van der Waals surface area contributed by atoms with Gasteiger partial charge in [0.1, 0.15) is 0 Å². The SMILES string of the molecule is Cc1ccsc1C(NN)C(C)(C)S(C)(=O)=O. The summed E-state index contributed by atoms with van der Waals surface area (Å²) in [6.07, 6.45) is 1.24. The Hall–Kier alpha value is -0.430. The molecule has 0 aliphatic rings. The molecule has 0 saturated heterocycles. The van der Waals surface area contributed by atoms with Crippen molar-refractivity contribution in [1.82, 2.24) is 5.43 Å². The molecule has 1 rings (SSSR count). The molecule has 0 saturated carbocycles. The zero-order chi connectivity index (χ0) is 12.6. The van der Waals surface area contributed by atoms with Gasteiger partial charge in [0.15, 0.2) is 9.84 Å². The molecule has 0 fully saturated rings. The number of thiophene rings is 1. The normalized spacial score (nSPS) is 15.1. The van der Waals surface area contributed by atoms with E-state index in [9.17, 15) is 8.42 Å². The first-order valence-corrected chi connectivity index (χ1v) is 7.68. The Morgan fingerprint density at radius 2 is 2.06 bits per heavy atom. The topological polar surface area (TPSA) is 72.2 Å². The summed E-state index contributed by atoms with van der Waals surface area (Å²) < 4.78 is 22.6. The van der Waals surface area contributed by atoms with E-state index in [1.165, 1.54) is 17.6 Å². The van der Waals surface area contributed by atoms with Crippen molar-refractivity contribution >= 4 is 21.2 Å². The van der Waals surface area contributed by atoms with Gasteiger partial charge in [0.25, 0.3) is 0 Å². The van der Waals surface area contributed by atoms with E-state index in [-0.39, 0.29) is 6.04 Å². The molecule has 1 atom stereocenters. The Bertz CT molecular complexity index is 463. The molecule has 6 heteroatoms. The summed E-state index contributed by atoms with van der Waals surface area (Å²) in [5.74, 6) is 5.51. The average Bonchev–Trinajstić information content (AvgIpc) is 2.51. The van der Waals surface area contributed by atoms with Gasteiger partial charge in [-0.3, -0.25) is 11.3 Å². The van der Waals surface area contributed by atoms with Crippen LogP contribution in [0.3, 0.4) is 0 Å². The van der Waals surface area contributed by atoms with Gasteiger partial charge in [0.05, 0.1) is 10.8 Å². The van der Waals surface area contributed by atoms with Gasteiger partial charge >= 0.3 is 0 Å². The smallest absolute Gasteiger partial charge is 0.154 e. The number of aryl methyl sites for hydroxylation is 1. The number of sulfone groups is 1. The Kier molecular flexibility index (Phi) is 3.79. The first-order valence-electron chi connectivity index (χ1n) is 4.91. The second-order valence-electron chi connectivity index (χ2n) is 4.44. The summed E-state index contributed by atoms with van der Waals surface area (Å²) >= 11 is 1.52. The van der Waals surface area contributed by atoms with E-state index in [1.807, 2.05) is 18.4 Å². The summed E-state index contributed by atoms with van der Waals surface area (Å²) in [4.78, 5) is 0.970. The molecule has 0 aliphatic carbocycles. The highest BCUT2D eigenvalue weighted by Gasteiger charge is 2.40. The van der Waals surface area contributed by atoms with Crippen LogP contribution in [0, 0.1) is 6.92 Å². The lowest BCUT2D eigenvalue weighted by Crippen LogP contribution is -2.47. The summed E-state index contributed by atoms with van der Waals surface area (Å²) in [7, 11) is -3.19. The number of hydrogen-bond acceptors (Lipinski definition) is 5. The highest BCUT2D eigenvalue weighted by atomic mass is 32.2. The predicted molar refractivity (Wildman–Crippen MR) is 68.0 cm³/mol. The van der Waals surface area contributed by atoms with Gasteiger partial charge in [0.2, 0.25) is 0 Å². The lowest BCUT2D eigenvalue weighted by atomic mass is 10.00. The van der Waals surface area contributed by atoms with Crippen LogP contribution in [0.15, 0.2) is 11.4 Å². The molecule has 16 heavy (non-hydrogen) atoms.